The van der Waals surface area contributed by atoms with Crippen molar-refractivity contribution in [1.29, 1.82) is 0 Å². The van der Waals surface area contributed by atoms with E-state index in [0.717, 1.165) is 31.2 Å². The van der Waals surface area contributed by atoms with E-state index in [0.29, 0.717) is 12.2 Å². The Kier molecular flexibility index (Phi) is 4.70. The van der Waals surface area contributed by atoms with Crippen LogP contribution in [0.5, 0.6) is 0 Å². The van der Waals surface area contributed by atoms with Crippen LogP contribution in [0.4, 0.5) is 13.2 Å². The number of rotatable bonds is 5. The third kappa shape index (κ3) is 3.54. The molecule has 0 aliphatic carbocycles. The van der Waals surface area contributed by atoms with E-state index in [1.165, 1.54) is 12.1 Å². The Balaban J connectivity index is 2.28. The summed E-state index contributed by atoms with van der Waals surface area (Å²) in [4.78, 5) is 0. The van der Waals surface area contributed by atoms with Crippen molar-refractivity contribution in [2.24, 2.45) is 0 Å². The van der Waals surface area contributed by atoms with E-state index in [1.54, 1.807) is 6.07 Å². The molecule has 0 amide bonds. The van der Waals surface area contributed by atoms with E-state index in [2.05, 4.69) is 5.32 Å². The molecule has 0 fully saturated rings. The zero-order chi connectivity index (χ0) is 14.6. The number of halogens is 3. The second-order valence-electron chi connectivity index (χ2n) is 4.75. The Morgan fingerprint density at radius 1 is 1.35 bits per heavy atom. The van der Waals surface area contributed by atoms with Gasteiger partial charge in [0.15, 0.2) is 0 Å². The second-order valence-corrected chi connectivity index (χ2v) is 4.75. The third-order valence-corrected chi connectivity index (χ3v) is 3.16. The second kappa shape index (κ2) is 6.31. The first-order valence-corrected chi connectivity index (χ1v) is 6.75. The minimum absolute atomic E-state index is 0.306. The van der Waals surface area contributed by atoms with Crippen LogP contribution in [0.15, 0.2) is 36.1 Å². The van der Waals surface area contributed by atoms with Crippen LogP contribution in [-0.2, 0) is 10.9 Å². The van der Waals surface area contributed by atoms with Crippen LogP contribution in [0.2, 0.25) is 0 Å². The lowest BCUT2D eigenvalue weighted by atomic mass is 10.0. The summed E-state index contributed by atoms with van der Waals surface area (Å²) in [7, 11) is 0. The zero-order valence-electron chi connectivity index (χ0n) is 11.3. The van der Waals surface area contributed by atoms with Crippen LogP contribution >= 0.6 is 0 Å². The number of alkyl halides is 3. The van der Waals surface area contributed by atoms with Crippen molar-refractivity contribution in [3.05, 3.63) is 47.2 Å². The Hall–Kier alpha value is -1.49. The fraction of sp³-hybridized carbons (Fsp3) is 0.467. The summed E-state index contributed by atoms with van der Waals surface area (Å²) in [6.07, 6.45) is -0.675. The van der Waals surface area contributed by atoms with E-state index in [-0.39, 0.29) is 6.04 Å². The number of hydrogen-bond acceptors (Lipinski definition) is 2. The van der Waals surface area contributed by atoms with Crippen molar-refractivity contribution in [2.75, 3.05) is 13.2 Å². The Bertz CT molecular complexity index is 482. The predicted molar refractivity (Wildman–Crippen MR) is 71.1 cm³/mol. The van der Waals surface area contributed by atoms with Gasteiger partial charge < -0.3 is 10.1 Å². The van der Waals surface area contributed by atoms with Gasteiger partial charge in [0.25, 0.3) is 0 Å². The molecule has 1 heterocycles. The summed E-state index contributed by atoms with van der Waals surface area (Å²) in [5.41, 5.74) is -0.0432. The number of ether oxygens (including phenoxy) is 1. The quantitative estimate of drug-likeness (QED) is 0.881. The summed E-state index contributed by atoms with van der Waals surface area (Å²) < 4.78 is 43.9. The monoisotopic (exact) mass is 285 g/mol. The molecule has 1 aliphatic rings. The van der Waals surface area contributed by atoms with Gasteiger partial charge in [-0.2, -0.15) is 13.2 Å². The number of nitrogens with one attached hydrogen (secondary N) is 1. The Morgan fingerprint density at radius 3 is 2.75 bits per heavy atom. The molecule has 1 aromatic carbocycles. The molecule has 0 bridgehead atoms. The highest BCUT2D eigenvalue weighted by Gasteiger charge is 2.31. The van der Waals surface area contributed by atoms with Crippen LogP contribution in [0, 0.1) is 0 Å². The van der Waals surface area contributed by atoms with Crippen molar-refractivity contribution in [1.82, 2.24) is 5.32 Å². The van der Waals surface area contributed by atoms with Gasteiger partial charge in [-0.15, -0.1) is 0 Å². The molecule has 110 valence electrons. The molecule has 5 heteroatoms. The van der Waals surface area contributed by atoms with Gasteiger partial charge in [0, 0.05) is 6.42 Å². The molecule has 2 rings (SSSR count). The average Bonchev–Trinajstić information content (AvgIpc) is 2.92. The maximum absolute atomic E-state index is 12.8. The van der Waals surface area contributed by atoms with Crippen molar-refractivity contribution in [2.45, 2.75) is 32.0 Å². The molecular weight excluding hydrogens is 267 g/mol. The van der Waals surface area contributed by atoms with Gasteiger partial charge in [-0.3, -0.25) is 0 Å². The summed E-state index contributed by atoms with van der Waals surface area (Å²) in [6.45, 7) is 3.33. The van der Waals surface area contributed by atoms with E-state index < -0.39 is 11.7 Å². The first-order valence-electron chi connectivity index (χ1n) is 6.75. The van der Waals surface area contributed by atoms with Crippen LogP contribution in [-0.4, -0.2) is 13.2 Å². The summed E-state index contributed by atoms with van der Waals surface area (Å²) in [5, 5.41) is 3.25. The lowest BCUT2D eigenvalue weighted by molar-refractivity contribution is -0.137. The van der Waals surface area contributed by atoms with Gasteiger partial charge in [0.1, 0.15) is 5.76 Å². The fourth-order valence-corrected chi connectivity index (χ4v) is 2.20. The lowest BCUT2D eigenvalue weighted by Gasteiger charge is -2.21. The fourth-order valence-electron chi connectivity index (χ4n) is 2.20. The first-order chi connectivity index (χ1) is 9.52. The highest BCUT2D eigenvalue weighted by Crippen LogP contribution is 2.33. The molecule has 0 saturated heterocycles. The standard InChI is InChI=1S/C15H18F3NO/c1-2-8-19-14(13-7-4-9-20-13)11-5-3-6-12(10-11)15(16,17)18/h3,5-7,10,14,19H,2,4,8-9H2,1H3. The zero-order valence-corrected chi connectivity index (χ0v) is 11.3. The molecule has 0 aromatic heterocycles. The summed E-state index contributed by atoms with van der Waals surface area (Å²) in [5.74, 6) is 0.720. The molecule has 0 spiro atoms. The maximum Gasteiger partial charge on any atom is 0.416 e. The van der Waals surface area contributed by atoms with Crippen molar-refractivity contribution < 1.29 is 17.9 Å². The van der Waals surface area contributed by atoms with Gasteiger partial charge in [0.2, 0.25) is 0 Å². The normalized spacial score (nSPS) is 16.7. The molecular formula is C15H18F3NO. The van der Waals surface area contributed by atoms with Gasteiger partial charge in [-0.05, 0) is 36.7 Å². The Labute approximate surface area is 116 Å². The molecule has 1 aromatic rings. The topological polar surface area (TPSA) is 21.3 Å². The lowest BCUT2D eigenvalue weighted by Crippen LogP contribution is -2.24. The average molecular weight is 285 g/mol. The summed E-state index contributed by atoms with van der Waals surface area (Å²) in [6, 6.07) is 5.11. The van der Waals surface area contributed by atoms with Crippen LogP contribution in [0.1, 0.15) is 36.9 Å². The van der Waals surface area contributed by atoms with E-state index in [4.69, 9.17) is 4.74 Å². The third-order valence-electron chi connectivity index (χ3n) is 3.16. The number of benzene rings is 1. The van der Waals surface area contributed by atoms with E-state index in [1.807, 2.05) is 13.0 Å². The number of hydrogen-bond donors (Lipinski definition) is 1. The smallest absolute Gasteiger partial charge is 0.416 e. The molecule has 1 unspecified atom stereocenters. The highest BCUT2D eigenvalue weighted by atomic mass is 19.4. The molecule has 0 saturated carbocycles. The molecule has 2 nitrogen and oxygen atoms in total. The van der Waals surface area contributed by atoms with Crippen LogP contribution in [0.25, 0.3) is 0 Å². The van der Waals surface area contributed by atoms with Gasteiger partial charge in [0.05, 0.1) is 18.2 Å². The summed E-state index contributed by atoms with van der Waals surface area (Å²) >= 11 is 0. The van der Waals surface area contributed by atoms with Crippen molar-refractivity contribution >= 4 is 0 Å². The van der Waals surface area contributed by atoms with E-state index >= 15 is 0 Å². The molecule has 0 radical (unpaired) electrons. The maximum atomic E-state index is 12.8. The largest absolute Gasteiger partial charge is 0.496 e. The van der Waals surface area contributed by atoms with Gasteiger partial charge >= 0.3 is 6.18 Å². The highest BCUT2D eigenvalue weighted by molar-refractivity contribution is 5.32. The van der Waals surface area contributed by atoms with Gasteiger partial charge in [-0.25, -0.2) is 0 Å². The van der Waals surface area contributed by atoms with E-state index in [9.17, 15) is 13.2 Å². The predicted octanol–water partition coefficient (Wildman–Crippen LogP) is 4.05. The molecule has 1 aliphatic heterocycles. The minimum atomic E-state index is -4.32. The van der Waals surface area contributed by atoms with Crippen LogP contribution in [0.3, 0.4) is 0 Å². The first kappa shape index (κ1) is 14.9. The molecule has 1 atom stereocenters. The van der Waals surface area contributed by atoms with Crippen molar-refractivity contribution in [3.63, 3.8) is 0 Å². The minimum Gasteiger partial charge on any atom is -0.496 e. The molecule has 20 heavy (non-hydrogen) atoms. The Morgan fingerprint density at radius 2 is 2.15 bits per heavy atom. The van der Waals surface area contributed by atoms with Gasteiger partial charge in [-0.1, -0.05) is 19.1 Å². The van der Waals surface area contributed by atoms with Crippen molar-refractivity contribution in [3.8, 4) is 0 Å². The molecule has 1 N–H and O–H groups in total. The van der Waals surface area contributed by atoms with Crippen LogP contribution < -0.4 is 5.32 Å². The SMILES string of the molecule is CCCNC(C1=CCCO1)c1cccc(C(F)(F)F)c1.